The molecule has 1 atom stereocenters. The summed E-state index contributed by atoms with van der Waals surface area (Å²) in [5.41, 5.74) is 3.82. The molecule has 0 bridgehead atoms. The van der Waals surface area contributed by atoms with Crippen LogP contribution >= 0.6 is 11.6 Å². The van der Waals surface area contributed by atoms with E-state index in [1.807, 2.05) is 25.3 Å². The second-order valence-electron chi connectivity index (χ2n) is 6.99. The fourth-order valence-electron chi connectivity index (χ4n) is 3.77. The second kappa shape index (κ2) is 9.85. The Hall–Kier alpha value is -2.73. The zero-order valence-electron chi connectivity index (χ0n) is 17.4. The Morgan fingerprint density at radius 3 is 2.67 bits per heavy atom. The van der Waals surface area contributed by atoms with Crippen LogP contribution in [0.1, 0.15) is 43.0 Å². The third-order valence-electron chi connectivity index (χ3n) is 5.26. The molecule has 3 aromatic rings. The van der Waals surface area contributed by atoms with Gasteiger partial charge in [0.25, 0.3) is 0 Å². The van der Waals surface area contributed by atoms with E-state index in [0.29, 0.717) is 37.4 Å². The van der Waals surface area contributed by atoms with E-state index in [1.165, 1.54) is 6.07 Å². The number of benzene rings is 2. The average Bonchev–Trinajstić information content (AvgIpc) is 3.13. The zero-order valence-corrected chi connectivity index (χ0v) is 18.1. The lowest BCUT2D eigenvalue weighted by Gasteiger charge is -2.22. The van der Waals surface area contributed by atoms with Gasteiger partial charge in [-0.2, -0.15) is 0 Å². The summed E-state index contributed by atoms with van der Waals surface area (Å²) in [6.45, 7) is 4.48. The van der Waals surface area contributed by atoms with Crippen LogP contribution in [0.5, 0.6) is 11.5 Å². The van der Waals surface area contributed by atoms with Crippen molar-refractivity contribution in [3.05, 3.63) is 58.0 Å². The van der Waals surface area contributed by atoms with Crippen molar-refractivity contribution in [3.63, 3.8) is 0 Å². The van der Waals surface area contributed by atoms with Gasteiger partial charge in [-0.15, -0.1) is 0 Å². The largest absolute Gasteiger partial charge is 0.493 e. The molecule has 0 radical (unpaired) electrons. The van der Waals surface area contributed by atoms with Crippen molar-refractivity contribution in [2.45, 2.75) is 39.2 Å². The lowest BCUT2D eigenvalue weighted by Crippen LogP contribution is -2.21. The summed E-state index contributed by atoms with van der Waals surface area (Å²) in [7, 11) is 1.61. The van der Waals surface area contributed by atoms with Crippen molar-refractivity contribution < 1.29 is 18.7 Å². The van der Waals surface area contributed by atoms with Gasteiger partial charge in [0.2, 0.25) is 6.41 Å². The van der Waals surface area contributed by atoms with E-state index in [0.717, 1.165) is 34.0 Å². The Kier molecular flexibility index (Phi) is 7.21. The first-order valence-electron chi connectivity index (χ1n) is 10.0. The molecule has 2 aromatic carbocycles. The molecule has 1 aromatic heterocycles. The van der Waals surface area contributed by atoms with Crippen molar-refractivity contribution >= 4 is 28.9 Å². The maximum absolute atomic E-state index is 13.9. The number of ether oxygens (including phenoxy) is 2. The maximum Gasteiger partial charge on any atom is 0.207 e. The standard InChI is InChI=1S/C23H26ClFN2O3/c1-4-14-8-22(29-3)23(30-5-2)10-17(14)20(27-13-28)7-6-15-12-26-21-11-18(24)19(25)9-16(15)21/h8-13,20,26H,4-7H2,1-3H3,(H,27,28). The molecule has 0 saturated carbocycles. The SMILES string of the molecule is CCOc1cc(C(CCc2c[nH]c3cc(Cl)c(F)cc23)NC=O)c(CC)cc1OC. The number of aryl methyl sites for hydroxylation is 2. The molecule has 1 unspecified atom stereocenters. The molecule has 1 amide bonds. The molecule has 7 heteroatoms. The van der Waals surface area contributed by atoms with Crippen LogP contribution in [0.4, 0.5) is 4.39 Å². The Morgan fingerprint density at radius 1 is 1.20 bits per heavy atom. The lowest BCUT2D eigenvalue weighted by molar-refractivity contribution is -0.110. The van der Waals surface area contributed by atoms with Crippen LogP contribution in [0.15, 0.2) is 30.5 Å². The molecule has 1 heterocycles. The van der Waals surface area contributed by atoms with Gasteiger partial charge in [-0.25, -0.2) is 4.39 Å². The van der Waals surface area contributed by atoms with E-state index in [-0.39, 0.29) is 11.1 Å². The van der Waals surface area contributed by atoms with Gasteiger partial charge in [0.1, 0.15) is 5.82 Å². The van der Waals surface area contributed by atoms with Crippen molar-refractivity contribution in [3.8, 4) is 11.5 Å². The number of halogens is 2. The van der Waals surface area contributed by atoms with Crippen molar-refractivity contribution in [2.24, 2.45) is 0 Å². The second-order valence-corrected chi connectivity index (χ2v) is 7.40. The minimum Gasteiger partial charge on any atom is -0.493 e. The Balaban J connectivity index is 1.92. The van der Waals surface area contributed by atoms with Crippen LogP contribution in [-0.4, -0.2) is 25.1 Å². The monoisotopic (exact) mass is 432 g/mol. The van der Waals surface area contributed by atoms with Gasteiger partial charge in [0.15, 0.2) is 11.5 Å². The summed E-state index contributed by atoms with van der Waals surface area (Å²) in [5, 5.41) is 3.81. The molecule has 0 spiro atoms. The summed E-state index contributed by atoms with van der Waals surface area (Å²) in [6, 6.07) is 6.72. The molecule has 0 aliphatic carbocycles. The first kappa shape index (κ1) is 22.0. The first-order valence-corrected chi connectivity index (χ1v) is 10.4. The number of amides is 1. The van der Waals surface area contributed by atoms with Crippen LogP contribution in [0.2, 0.25) is 5.02 Å². The number of nitrogens with one attached hydrogen (secondary N) is 2. The third-order valence-corrected chi connectivity index (χ3v) is 5.55. The summed E-state index contributed by atoms with van der Waals surface area (Å²) in [4.78, 5) is 14.5. The minimum atomic E-state index is -0.447. The lowest BCUT2D eigenvalue weighted by atomic mass is 9.93. The highest BCUT2D eigenvalue weighted by atomic mass is 35.5. The fraction of sp³-hybridized carbons (Fsp3) is 0.348. The van der Waals surface area contributed by atoms with E-state index in [1.54, 1.807) is 13.2 Å². The molecular formula is C23H26ClFN2O3. The van der Waals surface area contributed by atoms with Crippen molar-refractivity contribution in [1.82, 2.24) is 10.3 Å². The van der Waals surface area contributed by atoms with E-state index in [9.17, 15) is 9.18 Å². The predicted octanol–water partition coefficient (Wildman–Crippen LogP) is 5.35. The smallest absolute Gasteiger partial charge is 0.207 e. The Bertz CT molecular complexity index is 1030. The van der Waals surface area contributed by atoms with Crippen LogP contribution in [0.25, 0.3) is 10.9 Å². The van der Waals surface area contributed by atoms with E-state index >= 15 is 0 Å². The van der Waals surface area contributed by atoms with Crippen LogP contribution in [0, 0.1) is 5.82 Å². The average molecular weight is 433 g/mol. The van der Waals surface area contributed by atoms with Gasteiger partial charge in [-0.1, -0.05) is 18.5 Å². The van der Waals surface area contributed by atoms with E-state index in [2.05, 4.69) is 17.2 Å². The fourth-order valence-corrected chi connectivity index (χ4v) is 3.93. The number of rotatable bonds is 10. The van der Waals surface area contributed by atoms with Gasteiger partial charge in [0, 0.05) is 17.1 Å². The number of aromatic amines is 1. The topological polar surface area (TPSA) is 63.3 Å². The molecule has 0 aliphatic rings. The highest BCUT2D eigenvalue weighted by Gasteiger charge is 2.19. The molecule has 160 valence electrons. The highest BCUT2D eigenvalue weighted by Crippen LogP contribution is 2.35. The quantitative estimate of drug-likeness (QED) is 0.424. The van der Waals surface area contributed by atoms with Crippen LogP contribution in [-0.2, 0) is 17.6 Å². The number of carbonyl (C=O) groups excluding carboxylic acids is 1. The summed E-state index contributed by atoms with van der Waals surface area (Å²) in [5.74, 6) is 0.873. The maximum atomic E-state index is 13.9. The summed E-state index contributed by atoms with van der Waals surface area (Å²) in [6.07, 6.45) is 4.64. The zero-order chi connectivity index (χ0) is 21.7. The molecule has 2 N–H and O–H groups in total. The Morgan fingerprint density at radius 2 is 2.00 bits per heavy atom. The number of methoxy groups -OCH3 is 1. The summed E-state index contributed by atoms with van der Waals surface area (Å²) >= 11 is 5.88. The van der Waals surface area contributed by atoms with Crippen molar-refractivity contribution in [1.29, 1.82) is 0 Å². The number of aromatic nitrogens is 1. The summed E-state index contributed by atoms with van der Waals surface area (Å²) < 4.78 is 25.1. The predicted molar refractivity (Wildman–Crippen MR) is 117 cm³/mol. The number of fused-ring (bicyclic) bond motifs is 1. The molecule has 0 saturated heterocycles. The Labute approximate surface area is 180 Å². The number of hydrogen-bond acceptors (Lipinski definition) is 3. The van der Waals surface area contributed by atoms with Crippen LogP contribution in [0.3, 0.4) is 0 Å². The molecular weight excluding hydrogens is 407 g/mol. The first-order chi connectivity index (χ1) is 14.5. The molecule has 0 aliphatic heterocycles. The highest BCUT2D eigenvalue weighted by molar-refractivity contribution is 6.31. The molecule has 5 nitrogen and oxygen atoms in total. The van der Waals surface area contributed by atoms with E-state index in [4.69, 9.17) is 21.1 Å². The van der Waals surface area contributed by atoms with Gasteiger partial charge < -0.3 is 19.8 Å². The van der Waals surface area contributed by atoms with Gasteiger partial charge in [0.05, 0.1) is 24.8 Å². The van der Waals surface area contributed by atoms with Crippen LogP contribution < -0.4 is 14.8 Å². The minimum absolute atomic E-state index is 0.0886. The molecule has 0 fully saturated rings. The number of carbonyl (C=O) groups is 1. The normalized spacial score (nSPS) is 12.0. The third kappa shape index (κ3) is 4.54. The molecule has 30 heavy (non-hydrogen) atoms. The number of H-pyrrole nitrogens is 1. The van der Waals surface area contributed by atoms with Gasteiger partial charge >= 0.3 is 0 Å². The van der Waals surface area contributed by atoms with Crippen molar-refractivity contribution in [2.75, 3.05) is 13.7 Å². The van der Waals surface area contributed by atoms with Gasteiger partial charge in [-0.3, -0.25) is 4.79 Å². The number of hydrogen-bond donors (Lipinski definition) is 2. The van der Waals surface area contributed by atoms with Gasteiger partial charge in [-0.05, 0) is 67.1 Å². The molecule has 3 rings (SSSR count). The van der Waals surface area contributed by atoms with E-state index < -0.39 is 5.82 Å².